The molecule has 0 aromatic carbocycles. The number of anilines is 2. The molecular weight excluding hydrogens is 236 g/mol. The van der Waals surface area contributed by atoms with Crippen LogP contribution >= 0.6 is 0 Å². The maximum atomic E-state index is 4.54. The second-order valence-electron chi connectivity index (χ2n) is 5.40. The highest BCUT2D eigenvalue weighted by molar-refractivity contribution is 5.59. The van der Waals surface area contributed by atoms with Gasteiger partial charge in [-0.1, -0.05) is 20.3 Å². The summed E-state index contributed by atoms with van der Waals surface area (Å²) >= 11 is 0. The monoisotopic (exact) mass is 262 g/mol. The predicted molar refractivity (Wildman–Crippen MR) is 80.8 cm³/mol. The van der Waals surface area contributed by atoms with Gasteiger partial charge in [-0.05, 0) is 32.1 Å². The van der Waals surface area contributed by atoms with Crippen LogP contribution in [0.3, 0.4) is 0 Å². The van der Waals surface area contributed by atoms with Gasteiger partial charge in [0.05, 0.1) is 0 Å². The molecular formula is C15H26N4. The lowest BCUT2D eigenvalue weighted by atomic mass is 9.91. The van der Waals surface area contributed by atoms with E-state index in [4.69, 9.17) is 0 Å². The minimum atomic E-state index is 0.671. The average Bonchev–Trinajstić information content (AvgIpc) is 2.35. The van der Waals surface area contributed by atoms with Crippen LogP contribution in [0, 0.1) is 0 Å². The number of hydrogen-bond acceptors (Lipinski definition) is 4. The van der Waals surface area contributed by atoms with Crippen LogP contribution in [0.2, 0.25) is 0 Å². The summed E-state index contributed by atoms with van der Waals surface area (Å²) in [6.45, 7) is 5.36. The third kappa shape index (κ3) is 3.17. The maximum absolute atomic E-state index is 4.54. The molecule has 1 heterocycles. The summed E-state index contributed by atoms with van der Waals surface area (Å²) < 4.78 is 0. The molecule has 1 aliphatic carbocycles. The second kappa shape index (κ2) is 6.73. The summed E-state index contributed by atoms with van der Waals surface area (Å²) in [5, 5.41) is 3.44. The van der Waals surface area contributed by atoms with Gasteiger partial charge in [-0.25, -0.2) is 9.97 Å². The van der Waals surface area contributed by atoms with Gasteiger partial charge in [0.25, 0.3) is 0 Å². The van der Waals surface area contributed by atoms with E-state index in [0.717, 1.165) is 37.4 Å². The molecule has 0 unspecified atom stereocenters. The molecule has 2 rings (SSSR count). The van der Waals surface area contributed by atoms with Crippen LogP contribution in [0.5, 0.6) is 0 Å². The molecule has 0 spiro atoms. The van der Waals surface area contributed by atoms with Crippen LogP contribution < -0.4 is 10.2 Å². The lowest BCUT2D eigenvalue weighted by molar-refractivity contribution is 0.398. The van der Waals surface area contributed by atoms with Crippen molar-refractivity contribution in [2.45, 2.75) is 58.4 Å². The first kappa shape index (κ1) is 14.1. The molecule has 0 bridgehead atoms. The Balaban J connectivity index is 2.24. The number of rotatable bonds is 7. The van der Waals surface area contributed by atoms with Crippen LogP contribution in [0.25, 0.3) is 0 Å². The fraction of sp³-hybridized carbons (Fsp3) is 0.733. The summed E-state index contributed by atoms with van der Waals surface area (Å²) in [6, 6.07) is 0.671. The summed E-state index contributed by atoms with van der Waals surface area (Å²) in [4.78, 5) is 11.3. The van der Waals surface area contributed by atoms with Gasteiger partial charge >= 0.3 is 0 Å². The topological polar surface area (TPSA) is 41.1 Å². The van der Waals surface area contributed by atoms with Crippen LogP contribution in [-0.4, -0.2) is 29.6 Å². The fourth-order valence-electron chi connectivity index (χ4n) is 2.53. The molecule has 4 heteroatoms. The van der Waals surface area contributed by atoms with E-state index in [1.54, 1.807) is 6.33 Å². The molecule has 1 aromatic heterocycles. The minimum Gasteiger partial charge on any atom is -0.370 e. The van der Waals surface area contributed by atoms with Gasteiger partial charge in [0, 0.05) is 25.2 Å². The van der Waals surface area contributed by atoms with E-state index in [-0.39, 0.29) is 0 Å². The molecule has 4 nitrogen and oxygen atoms in total. The zero-order valence-electron chi connectivity index (χ0n) is 12.4. The van der Waals surface area contributed by atoms with Gasteiger partial charge in [0.2, 0.25) is 0 Å². The molecule has 0 atom stereocenters. The van der Waals surface area contributed by atoms with E-state index in [9.17, 15) is 0 Å². The number of aromatic nitrogens is 2. The van der Waals surface area contributed by atoms with Crippen LogP contribution in [0.1, 0.15) is 51.5 Å². The lowest BCUT2D eigenvalue weighted by Crippen LogP contribution is -2.38. The van der Waals surface area contributed by atoms with E-state index >= 15 is 0 Å². The first-order valence-electron chi connectivity index (χ1n) is 7.58. The summed E-state index contributed by atoms with van der Waals surface area (Å²) in [5.74, 6) is 2.15. The molecule has 1 aromatic rings. The second-order valence-corrected chi connectivity index (χ2v) is 5.40. The van der Waals surface area contributed by atoms with Crippen molar-refractivity contribution in [3.63, 3.8) is 0 Å². The third-order valence-corrected chi connectivity index (χ3v) is 3.92. The Morgan fingerprint density at radius 3 is 2.63 bits per heavy atom. The summed E-state index contributed by atoms with van der Waals surface area (Å²) in [5.41, 5.74) is 1.29. The summed E-state index contributed by atoms with van der Waals surface area (Å²) in [6.07, 6.45) is 8.92. The SMILES string of the molecule is CCCNc1ncnc(N(C)C2CCC2)c1CCC. The molecule has 1 saturated carbocycles. The first-order valence-corrected chi connectivity index (χ1v) is 7.58. The predicted octanol–water partition coefficient (Wildman–Crippen LogP) is 3.24. The van der Waals surface area contributed by atoms with E-state index < -0.39 is 0 Å². The molecule has 0 amide bonds. The Labute approximate surface area is 116 Å². The van der Waals surface area contributed by atoms with Crippen LogP contribution in [-0.2, 0) is 6.42 Å². The largest absolute Gasteiger partial charge is 0.370 e. The molecule has 1 fully saturated rings. The van der Waals surface area contributed by atoms with Crippen molar-refractivity contribution in [1.82, 2.24) is 9.97 Å². The van der Waals surface area contributed by atoms with Gasteiger partial charge < -0.3 is 10.2 Å². The molecule has 106 valence electrons. The highest BCUT2D eigenvalue weighted by atomic mass is 15.2. The quantitative estimate of drug-likeness (QED) is 0.819. The van der Waals surface area contributed by atoms with E-state index in [0.29, 0.717) is 6.04 Å². The van der Waals surface area contributed by atoms with Gasteiger partial charge in [0.1, 0.15) is 18.0 Å². The Morgan fingerprint density at radius 2 is 2.05 bits per heavy atom. The zero-order valence-corrected chi connectivity index (χ0v) is 12.4. The normalized spacial score (nSPS) is 15.1. The zero-order chi connectivity index (χ0) is 13.7. The molecule has 1 N–H and O–H groups in total. The molecule has 0 saturated heterocycles. The highest BCUT2D eigenvalue weighted by Gasteiger charge is 2.25. The van der Waals surface area contributed by atoms with Gasteiger partial charge in [-0.3, -0.25) is 0 Å². The van der Waals surface area contributed by atoms with Gasteiger partial charge in [-0.15, -0.1) is 0 Å². The van der Waals surface area contributed by atoms with Gasteiger partial charge in [0.15, 0.2) is 0 Å². The van der Waals surface area contributed by atoms with Crippen molar-refractivity contribution >= 4 is 11.6 Å². The lowest BCUT2D eigenvalue weighted by Gasteiger charge is -2.36. The van der Waals surface area contributed by atoms with E-state index in [1.165, 1.54) is 24.8 Å². The van der Waals surface area contributed by atoms with Crippen molar-refractivity contribution in [3.05, 3.63) is 11.9 Å². The van der Waals surface area contributed by atoms with Crippen molar-refractivity contribution in [1.29, 1.82) is 0 Å². The highest BCUT2D eigenvalue weighted by Crippen LogP contribution is 2.31. The van der Waals surface area contributed by atoms with Crippen molar-refractivity contribution in [3.8, 4) is 0 Å². The maximum Gasteiger partial charge on any atom is 0.137 e. The Hall–Kier alpha value is -1.32. The van der Waals surface area contributed by atoms with Crippen molar-refractivity contribution in [2.24, 2.45) is 0 Å². The molecule has 0 radical (unpaired) electrons. The van der Waals surface area contributed by atoms with E-state index in [2.05, 4.69) is 41.1 Å². The molecule has 1 aliphatic rings. The van der Waals surface area contributed by atoms with Crippen molar-refractivity contribution in [2.75, 3.05) is 23.8 Å². The first-order chi connectivity index (χ1) is 9.27. The van der Waals surface area contributed by atoms with E-state index in [1.807, 2.05) is 0 Å². The number of hydrogen-bond donors (Lipinski definition) is 1. The van der Waals surface area contributed by atoms with Gasteiger partial charge in [-0.2, -0.15) is 0 Å². The average molecular weight is 262 g/mol. The number of nitrogens with zero attached hydrogens (tertiary/aromatic N) is 3. The standard InChI is InChI=1S/C15H26N4/c1-4-7-13-14(16-10-5-2)17-11-18-15(13)19(3)12-8-6-9-12/h11-12H,4-10H2,1-3H3,(H,16,17,18). The minimum absolute atomic E-state index is 0.671. The third-order valence-electron chi connectivity index (χ3n) is 3.92. The fourth-order valence-corrected chi connectivity index (χ4v) is 2.53. The molecule has 0 aliphatic heterocycles. The Kier molecular flexibility index (Phi) is 5.00. The van der Waals surface area contributed by atoms with Crippen LogP contribution in [0.4, 0.5) is 11.6 Å². The number of nitrogens with one attached hydrogen (secondary N) is 1. The Bertz CT molecular complexity index is 401. The molecule has 19 heavy (non-hydrogen) atoms. The summed E-state index contributed by atoms with van der Waals surface area (Å²) in [7, 11) is 2.18. The Morgan fingerprint density at radius 1 is 1.26 bits per heavy atom. The van der Waals surface area contributed by atoms with Crippen molar-refractivity contribution < 1.29 is 0 Å². The smallest absolute Gasteiger partial charge is 0.137 e. The van der Waals surface area contributed by atoms with Crippen LogP contribution in [0.15, 0.2) is 6.33 Å².